The van der Waals surface area contributed by atoms with E-state index in [1.807, 2.05) is 62.4 Å². The fourth-order valence-electron chi connectivity index (χ4n) is 3.47. The third-order valence-corrected chi connectivity index (χ3v) is 5.06. The lowest BCUT2D eigenvalue weighted by Gasteiger charge is -2.24. The molecular formula is C21H23NO3. The zero-order valence-electron chi connectivity index (χ0n) is 14.8. The monoisotopic (exact) mass is 337 g/mol. The summed E-state index contributed by atoms with van der Waals surface area (Å²) in [5.74, 6) is -0.956. The van der Waals surface area contributed by atoms with E-state index in [4.69, 9.17) is 4.74 Å². The average molecular weight is 337 g/mol. The summed E-state index contributed by atoms with van der Waals surface area (Å²) < 4.78 is 4.88. The van der Waals surface area contributed by atoms with Gasteiger partial charge in [0.1, 0.15) is 6.04 Å². The van der Waals surface area contributed by atoms with Crippen LogP contribution in [0.2, 0.25) is 0 Å². The third-order valence-electron chi connectivity index (χ3n) is 5.06. The van der Waals surface area contributed by atoms with Gasteiger partial charge in [-0.2, -0.15) is 0 Å². The molecule has 2 atom stereocenters. The van der Waals surface area contributed by atoms with Gasteiger partial charge < -0.3 is 10.1 Å². The van der Waals surface area contributed by atoms with E-state index in [0.717, 1.165) is 28.7 Å². The number of hydrogen-bond acceptors (Lipinski definition) is 3. The maximum atomic E-state index is 13.1. The van der Waals surface area contributed by atoms with Gasteiger partial charge in [0, 0.05) is 0 Å². The highest BCUT2D eigenvalue weighted by Gasteiger charge is 2.36. The predicted octanol–water partition coefficient (Wildman–Crippen LogP) is 3.50. The van der Waals surface area contributed by atoms with Crippen molar-refractivity contribution in [2.75, 3.05) is 7.11 Å². The Hall–Kier alpha value is -2.62. The minimum atomic E-state index is -0.637. The zero-order chi connectivity index (χ0) is 18.0. The number of rotatable bonds is 5. The van der Waals surface area contributed by atoms with Crippen molar-refractivity contribution in [1.82, 2.24) is 5.32 Å². The first-order valence-corrected chi connectivity index (χ1v) is 8.64. The quantitative estimate of drug-likeness (QED) is 0.850. The maximum Gasteiger partial charge on any atom is 0.328 e. The first kappa shape index (κ1) is 17.2. The van der Waals surface area contributed by atoms with Gasteiger partial charge in [-0.25, -0.2) is 4.79 Å². The molecule has 0 fully saturated rings. The van der Waals surface area contributed by atoms with Gasteiger partial charge in [-0.05, 0) is 28.2 Å². The molecule has 0 spiro atoms. The smallest absolute Gasteiger partial charge is 0.328 e. The molecule has 25 heavy (non-hydrogen) atoms. The number of methoxy groups -OCH3 is 1. The van der Waals surface area contributed by atoms with Crippen molar-refractivity contribution >= 4 is 11.9 Å². The van der Waals surface area contributed by atoms with Crippen LogP contribution in [0.5, 0.6) is 0 Å². The van der Waals surface area contributed by atoms with E-state index in [9.17, 15) is 9.59 Å². The van der Waals surface area contributed by atoms with Gasteiger partial charge >= 0.3 is 5.97 Å². The van der Waals surface area contributed by atoms with Gasteiger partial charge in [0.25, 0.3) is 0 Å². The van der Waals surface area contributed by atoms with Crippen LogP contribution in [-0.2, 0) is 14.3 Å². The van der Waals surface area contributed by atoms with E-state index in [0.29, 0.717) is 0 Å². The van der Waals surface area contributed by atoms with Gasteiger partial charge in [-0.15, -0.1) is 0 Å². The molecule has 0 unspecified atom stereocenters. The van der Waals surface area contributed by atoms with E-state index in [1.165, 1.54) is 7.11 Å². The fraction of sp³-hybridized carbons (Fsp3) is 0.333. The van der Waals surface area contributed by atoms with Crippen LogP contribution >= 0.6 is 0 Å². The molecule has 4 heteroatoms. The second-order valence-electron chi connectivity index (χ2n) is 6.50. The van der Waals surface area contributed by atoms with Gasteiger partial charge in [0.05, 0.1) is 13.0 Å². The molecule has 130 valence electrons. The topological polar surface area (TPSA) is 55.4 Å². The zero-order valence-corrected chi connectivity index (χ0v) is 14.8. The van der Waals surface area contributed by atoms with Gasteiger partial charge in [0.15, 0.2) is 0 Å². The molecule has 1 N–H and O–H groups in total. The van der Waals surface area contributed by atoms with E-state index < -0.39 is 17.9 Å². The first-order valence-electron chi connectivity index (χ1n) is 8.64. The maximum absolute atomic E-state index is 13.1. The highest BCUT2D eigenvalue weighted by molar-refractivity contribution is 5.97. The second kappa shape index (κ2) is 7.09. The number of carbonyl (C=O) groups is 2. The van der Waals surface area contributed by atoms with Crippen LogP contribution in [0, 0.1) is 5.92 Å². The van der Waals surface area contributed by atoms with Crippen molar-refractivity contribution in [2.45, 2.75) is 32.2 Å². The molecule has 0 heterocycles. The second-order valence-corrected chi connectivity index (χ2v) is 6.50. The Morgan fingerprint density at radius 3 is 2.04 bits per heavy atom. The molecule has 0 aliphatic heterocycles. The molecule has 1 amide bonds. The summed E-state index contributed by atoms with van der Waals surface area (Å²) >= 11 is 0. The SMILES string of the molecule is CC[C@@H](C)[C@@H](NC(=O)C1c2ccccc2-c2ccccc21)C(=O)OC. The van der Waals surface area contributed by atoms with Crippen LogP contribution < -0.4 is 5.32 Å². The summed E-state index contributed by atoms with van der Waals surface area (Å²) in [6.45, 7) is 3.94. The first-order chi connectivity index (χ1) is 12.1. The van der Waals surface area contributed by atoms with E-state index in [2.05, 4.69) is 5.32 Å². The number of amides is 1. The van der Waals surface area contributed by atoms with E-state index in [1.54, 1.807) is 0 Å². The summed E-state index contributed by atoms with van der Waals surface area (Å²) in [4.78, 5) is 25.2. The Balaban J connectivity index is 1.95. The summed E-state index contributed by atoms with van der Waals surface area (Å²) in [6, 6.07) is 15.2. The Labute approximate surface area is 148 Å². The van der Waals surface area contributed by atoms with Gasteiger partial charge in [-0.1, -0.05) is 68.8 Å². The Kier molecular flexibility index (Phi) is 4.88. The normalized spacial score (nSPS) is 15.0. The van der Waals surface area contributed by atoms with Crippen LogP contribution in [0.1, 0.15) is 37.3 Å². The largest absolute Gasteiger partial charge is 0.467 e. The summed E-state index contributed by atoms with van der Waals surface area (Å²) in [7, 11) is 1.35. The lowest BCUT2D eigenvalue weighted by atomic mass is 9.93. The Morgan fingerprint density at radius 1 is 1.04 bits per heavy atom. The molecule has 0 bridgehead atoms. The average Bonchev–Trinajstić information content (AvgIpc) is 2.99. The van der Waals surface area contributed by atoms with Crippen molar-refractivity contribution in [1.29, 1.82) is 0 Å². The summed E-state index contributed by atoms with van der Waals surface area (Å²) in [6.07, 6.45) is 0.776. The number of carbonyl (C=O) groups excluding carboxylic acids is 2. The lowest BCUT2D eigenvalue weighted by Crippen LogP contribution is -2.47. The van der Waals surface area contributed by atoms with Crippen LogP contribution in [0.3, 0.4) is 0 Å². The molecule has 0 aromatic heterocycles. The number of hydrogen-bond donors (Lipinski definition) is 1. The van der Waals surface area contributed by atoms with Crippen molar-refractivity contribution in [3.8, 4) is 11.1 Å². The number of esters is 1. The van der Waals surface area contributed by atoms with Crippen LogP contribution in [0.25, 0.3) is 11.1 Å². The predicted molar refractivity (Wildman–Crippen MR) is 97.1 cm³/mol. The molecule has 2 aromatic rings. The highest BCUT2D eigenvalue weighted by atomic mass is 16.5. The fourth-order valence-corrected chi connectivity index (χ4v) is 3.47. The summed E-state index contributed by atoms with van der Waals surface area (Å²) in [5, 5.41) is 2.93. The molecule has 0 saturated heterocycles. The van der Waals surface area contributed by atoms with Crippen molar-refractivity contribution in [3.63, 3.8) is 0 Å². The Morgan fingerprint density at radius 2 is 1.56 bits per heavy atom. The highest BCUT2D eigenvalue weighted by Crippen LogP contribution is 2.44. The Bertz CT molecular complexity index is 754. The van der Waals surface area contributed by atoms with Gasteiger partial charge in [0.2, 0.25) is 5.91 Å². The number of fused-ring (bicyclic) bond motifs is 3. The minimum absolute atomic E-state index is 0.00305. The molecular weight excluding hydrogens is 314 g/mol. The standard InChI is InChI=1S/C21H23NO3/c1-4-13(2)19(21(24)25-3)22-20(23)18-16-11-7-5-9-14(16)15-10-6-8-12-17(15)18/h5-13,18-19H,4H2,1-3H3,(H,22,23)/t13-,19-/m1/s1. The lowest BCUT2D eigenvalue weighted by molar-refractivity contribution is -0.146. The van der Waals surface area contributed by atoms with Crippen molar-refractivity contribution < 1.29 is 14.3 Å². The van der Waals surface area contributed by atoms with Crippen molar-refractivity contribution in [3.05, 3.63) is 59.7 Å². The molecule has 4 nitrogen and oxygen atoms in total. The van der Waals surface area contributed by atoms with Crippen molar-refractivity contribution in [2.24, 2.45) is 5.92 Å². The number of ether oxygens (including phenoxy) is 1. The molecule has 1 aliphatic carbocycles. The molecule has 3 rings (SSSR count). The summed E-state index contributed by atoms with van der Waals surface area (Å²) in [5.41, 5.74) is 4.12. The number of benzene rings is 2. The van der Waals surface area contributed by atoms with Crippen LogP contribution in [-0.4, -0.2) is 25.0 Å². The molecule has 0 radical (unpaired) electrons. The van der Waals surface area contributed by atoms with Gasteiger partial charge in [-0.3, -0.25) is 4.79 Å². The third kappa shape index (κ3) is 3.04. The van der Waals surface area contributed by atoms with E-state index in [-0.39, 0.29) is 11.8 Å². The molecule has 0 saturated carbocycles. The van der Waals surface area contributed by atoms with Crippen LogP contribution in [0.4, 0.5) is 0 Å². The van der Waals surface area contributed by atoms with Crippen LogP contribution in [0.15, 0.2) is 48.5 Å². The number of nitrogens with one attached hydrogen (secondary N) is 1. The molecule has 1 aliphatic rings. The molecule has 2 aromatic carbocycles. The van der Waals surface area contributed by atoms with E-state index >= 15 is 0 Å². The minimum Gasteiger partial charge on any atom is -0.467 e.